The number of pyridine rings is 1. The molecular formula is C17H10ClF2NO3. The molecule has 0 atom stereocenters. The first-order valence-corrected chi connectivity index (χ1v) is 7.15. The third kappa shape index (κ3) is 2.55. The average molecular weight is 350 g/mol. The van der Waals surface area contributed by atoms with Crippen LogP contribution in [0.3, 0.4) is 0 Å². The fourth-order valence-electron chi connectivity index (χ4n) is 2.46. The zero-order valence-electron chi connectivity index (χ0n) is 12.3. The van der Waals surface area contributed by atoms with E-state index >= 15 is 0 Å². The van der Waals surface area contributed by atoms with Gasteiger partial charge in [0.2, 0.25) is 0 Å². The molecule has 0 unspecified atom stereocenters. The van der Waals surface area contributed by atoms with Crippen molar-refractivity contribution in [3.8, 4) is 17.0 Å². The van der Waals surface area contributed by atoms with Crippen molar-refractivity contribution in [2.24, 2.45) is 0 Å². The Labute approximate surface area is 140 Å². The molecule has 0 saturated heterocycles. The molecule has 0 spiro atoms. The summed E-state index contributed by atoms with van der Waals surface area (Å²) in [5.74, 6) is -3.28. The molecule has 1 aromatic heterocycles. The number of carboxylic acid groups (broad SMARTS) is 1. The van der Waals surface area contributed by atoms with Crippen molar-refractivity contribution in [2.75, 3.05) is 7.11 Å². The predicted molar refractivity (Wildman–Crippen MR) is 85.6 cm³/mol. The summed E-state index contributed by atoms with van der Waals surface area (Å²) in [4.78, 5) is 15.3. The van der Waals surface area contributed by atoms with Crippen LogP contribution in [0.4, 0.5) is 8.78 Å². The van der Waals surface area contributed by atoms with Gasteiger partial charge in [-0.05, 0) is 24.3 Å². The highest BCUT2D eigenvalue weighted by atomic mass is 35.5. The van der Waals surface area contributed by atoms with E-state index in [2.05, 4.69) is 4.98 Å². The highest BCUT2D eigenvalue weighted by molar-refractivity contribution is 6.35. The molecule has 0 aliphatic rings. The summed E-state index contributed by atoms with van der Waals surface area (Å²) < 4.78 is 33.2. The van der Waals surface area contributed by atoms with Gasteiger partial charge in [-0.25, -0.2) is 13.6 Å². The molecule has 7 heteroatoms. The fourth-order valence-corrected chi connectivity index (χ4v) is 2.68. The smallest absolute Gasteiger partial charge is 0.335 e. The lowest BCUT2D eigenvalue weighted by Gasteiger charge is -2.13. The number of carboxylic acids is 1. The Bertz CT molecular complexity index is 976. The van der Waals surface area contributed by atoms with Gasteiger partial charge in [0.1, 0.15) is 5.75 Å². The largest absolute Gasteiger partial charge is 0.496 e. The molecule has 24 heavy (non-hydrogen) atoms. The molecule has 122 valence electrons. The van der Waals surface area contributed by atoms with Crippen LogP contribution in [0.15, 0.2) is 36.5 Å². The van der Waals surface area contributed by atoms with Crippen LogP contribution >= 0.6 is 11.6 Å². The molecule has 0 aliphatic carbocycles. The Morgan fingerprint density at radius 2 is 1.96 bits per heavy atom. The summed E-state index contributed by atoms with van der Waals surface area (Å²) in [6, 6.07) is 6.40. The van der Waals surface area contributed by atoms with E-state index in [1.54, 1.807) is 0 Å². The summed E-state index contributed by atoms with van der Waals surface area (Å²) >= 11 is 6.08. The van der Waals surface area contributed by atoms with Crippen molar-refractivity contribution in [2.45, 2.75) is 0 Å². The Hall–Kier alpha value is -2.73. The second-order valence-corrected chi connectivity index (χ2v) is 5.37. The van der Waals surface area contributed by atoms with Crippen LogP contribution in [0.1, 0.15) is 10.4 Å². The zero-order chi connectivity index (χ0) is 17.4. The molecular weight excluding hydrogens is 340 g/mol. The number of hydrogen-bond donors (Lipinski definition) is 1. The van der Waals surface area contributed by atoms with Crippen molar-refractivity contribution < 1.29 is 23.4 Å². The molecule has 0 amide bonds. The van der Waals surface area contributed by atoms with Gasteiger partial charge in [-0.15, -0.1) is 0 Å². The minimum absolute atomic E-state index is 0.0244. The van der Waals surface area contributed by atoms with Gasteiger partial charge < -0.3 is 9.84 Å². The number of nitrogens with zero attached hydrogens (tertiary/aromatic N) is 1. The maximum Gasteiger partial charge on any atom is 0.335 e. The van der Waals surface area contributed by atoms with Crippen LogP contribution in [0.2, 0.25) is 5.02 Å². The number of carbonyl (C=O) groups is 1. The van der Waals surface area contributed by atoms with E-state index in [4.69, 9.17) is 21.4 Å². The number of halogens is 3. The molecule has 0 radical (unpaired) electrons. The second kappa shape index (κ2) is 6.05. The lowest BCUT2D eigenvalue weighted by Crippen LogP contribution is -2.00. The van der Waals surface area contributed by atoms with E-state index in [1.165, 1.54) is 37.6 Å². The van der Waals surface area contributed by atoms with E-state index in [1.807, 2.05) is 0 Å². The van der Waals surface area contributed by atoms with Crippen molar-refractivity contribution in [1.29, 1.82) is 0 Å². The van der Waals surface area contributed by atoms with Gasteiger partial charge in [-0.1, -0.05) is 17.7 Å². The first kappa shape index (κ1) is 16.1. The summed E-state index contributed by atoms with van der Waals surface area (Å²) in [6.07, 6.45) is 1.30. The SMILES string of the molecule is COc1ccc(F)c(F)c1-c1ncc(Cl)c2ccc(C(=O)O)cc12. The predicted octanol–water partition coefficient (Wildman–Crippen LogP) is 4.54. The van der Waals surface area contributed by atoms with Crippen LogP contribution < -0.4 is 4.74 Å². The summed E-state index contributed by atoms with van der Waals surface area (Å²) in [6.45, 7) is 0. The van der Waals surface area contributed by atoms with Gasteiger partial charge in [0.15, 0.2) is 11.6 Å². The molecule has 0 bridgehead atoms. The molecule has 0 saturated carbocycles. The molecule has 0 aliphatic heterocycles. The Balaban J connectivity index is 2.43. The van der Waals surface area contributed by atoms with Crippen molar-refractivity contribution in [1.82, 2.24) is 4.98 Å². The molecule has 1 heterocycles. The van der Waals surface area contributed by atoms with E-state index in [-0.39, 0.29) is 33.0 Å². The summed E-state index contributed by atoms with van der Waals surface area (Å²) in [5.41, 5.74) is -0.170. The second-order valence-electron chi connectivity index (χ2n) is 4.96. The Morgan fingerprint density at radius 3 is 2.62 bits per heavy atom. The minimum atomic E-state index is -1.16. The number of aromatic nitrogens is 1. The fraction of sp³-hybridized carbons (Fsp3) is 0.0588. The maximum atomic E-state index is 14.4. The molecule has 3 rings (SSSR count). The zero-order valence-corrected chi connectivity index (χ0v) is 13.1. The van der Waals surface area contributed by atoms with E-state index in [9.17, 15) is 13.6 Å². The van der Waals surface area contributed by atoms with E-state index in [0.717, 1.165) is 6.07 Å². The minimum Gasteiger partial charge on any atom is -0.496 e. The van der Waals surface area contributed by atoms with E-state index < -0.39 is 17.6 Å². The Morgan fingerprint density at radius 1 is 1.21 bits per heavy atom. The van der Waals surface area contributed by atoms with Crippen LogP contribution in [0, 0.1) is 11.6 Å². The maximum absolute atomic E-state index is 14.4. The van der Waals surface area contributed by atoms with Gasteiger partial charge in [-0.3, -0.25) is 4.98 Å². The number of methoxy groups -OCH3 is 1. The molecule has 2 aromatic carbocycles. The first-order chi connectivity index (χ1) is 11.4. The number of rotatable bonds is 3. The first-order valence-electron chi connectivity index (χ1n) is 6.78. The highest BCUT2D eigenvalue weighted by Crippen LogP contribution is 2.38. The lowest BCUT2D eigenvalue weighted by molar-refractivity contribution is 0.0697. The van der Waals surface area contributed by atoms with Crippen LogP contribution in [-0.2, 0) is 0 Å². The normalized spacial score (nSPS) is 10.8. The number of aromatic carboxylic acids is 1. The van der Waals surface area contributed by atoms with Gasteiger partial charge in [0.25, 0.3) is 0 Å². The number of hydrogen-bond acceptors (Lipinski definition) is 3. The molecule has 1 N–H and O–H groups in total. The average Bonchev–Trinajstić information content (AvgIpc) is 2.58. The van der Waals surface area contributed by atoms with E-state index in [0.29, 0.717) is 5.39 Å². The third-order valence-electron chi connectivity index (χ3n) is 3.60. The monoisotopic (exact) mass is 349 g/mol. The van der Waals surface area contributed by atoms with Gasteiger partial charge in [0.05, 0.1) is 29.0 Å². The number of fused-ring (bicyclic) bond motifs is 1. The Kier molecular flexibility index (Phi) is 4.07. The standard InChI is InChI=1S/C17H10ClF2NO3/c1-24-13-5-4-12(19)15(20)14(13)16-10-6-8(17(22)23)2-3-9(10)11(18)7-21-16/h2-7H,1H3,(H,22,23). The van der Waals surface area contributed by atoms with Crippen molar-refractivity contribution in [3.05, 3.63) is 58.7 Å². The summed E-state index contributed by atoms with van der Waals surface area (Å²) in [7, 11) is 1.32. The lowest BCUT2D eigenvalue weighted by atomic mass is 10.0. The van der Waals surface area contributed by atoms with Crippen molar-refractivity contribution >= 4 is 28.3 Å². The molecule has 4 nitrogen and oxygen atoms in total. The van der Waals surface area contributed by atoms with Crippen molar-refractivity contribution in [3.63, 3.8) is 0 Å². The number of ether oxygens (including phenoxy) is 1. The number of benzene rings is 2. The topological polar surface area (TPSA) is 59.4 Å². The van der Waals surface area contributed by atoms with Crippen LogP contribution in [-0.4, -0.2) is 23.2 Å². The van der Waals surface area contributed by atoms with Gasteiger partial charge in [0, 0.05) is 17.0 Å². The van der Waals surface area contributed by atoms with Crippen LogP contribution in [0.5, 0.6) is 5.75 Å². The van der Waals surface area contributed by atoms with Gasteiger partial charge >= 0.3 is 5.97 Å². The molecule has 0 fully saturated rings. The highest BCUT2D eigenvalue weighted by Gasteiger charge is 2.21. The summed E-state index contributed by atoms with van der Waals surface area (Å²) in [5, 5.41) is 10.2. The van der Waals surface area contributed by atoms with Crippen LogP contribution in [0.25, 0.3) is 22.0 Å². The van der Waals surface area contributed by atoms with Gasteiger partial charge in [-0.2, -0.15) is 0 Å². The third-order valence-corrected chi connectivity index (χ3v) is 3.90. The quantitative estimate of drug-likeness (QED) is 0.754. The molecule has 3 aromatic rings.